The number of halogens is 1. The molecule has 0 unspecified atom stereocenters. The first-order valence-corrected chi connectivity index (χ1v) is 12.4. The van der Waals surface area contributed by atoms with Gasteiger partial charge in [0.15, 0.2) is 5.65 Å². The first-order chi connectivity index (χ1) is 16.6. The topological polar surface area (TPSA) is 86.0 Å². The number of carbonyl (C=O) groups is 2. The molecule has 0 bridgehead atoms. The van der Waals surface area contributed by atoms with E-state index in [1.54, 1.807) is 37.0 Å². The summed E-state index contributed by atoms with van der Waals surface area (Å²) in [7, 11) is 1.85. The molecule has 0 aliphatic carbocycles. The maximum absolute atomic E-state index is 14.1. The Kier molecular flexibility index (Phi) is 8.71. The number of hydrogen-bond acceptors (Lipinski definition) is 8. The molecule has 2 aromatic heterocycles. The van der Waals surface area contributed by atoms with Crippen LogP contribution in [0, 0.1) is 5.82 Å². The molecule has 0 amide bonds. The highest BCUT2D eigenvalue weighted by atomic mass is 32.2. The van der Waals surface area contributed by atoms with E-state index in [2.05, 4.69) is 10.1 Å². The lowest BCUT2D eigenvalue weighted by molar-refractivity contribution is -0.154. The van der Waals surface area contributed by atoms with E-state index in [9.17, 15) is 14.0 Å². The lowest BCUT2D eigenvalue weighted by Crippen LogP contribution is -2.23. The number of benzene rings is 1. The van der Waals surface area contributed by atoms with Gasteiger partial charge in [-0.15, -0.1) is 11.8 Å². The van der Waals surface area contributed by atoms with Crippen LogP contribution in [0.5, 0.6) is 0 Å². The Morgan fingerprint density at radius 1 is 1.23 bits per heavy atom. The fourth-order valence-corrected chi connectivity index (χ4v) is 4.35. The van der Waals surface area contributed by atoms with Crippen molar-refractivity contribution in [3.05, 3.63) is 53.6 Å². The number of nitrogens with zero attached hydrogens (tertiary/aromatic N) is 4. The molecule has 1 aromatic carbocycles. The molecule has 0 saturated heterocycles. The predicted octanol–water partition coefficient (Wildman–Crippen LogP) is 4.90. The number of ether oxygens (including phenoxy) is 2. The van der Waals surface area contributed by atoms with E-state index in [1.165, 1.54) is 22.8 Å². The molecule has 8 nitrogen and oxygen atoms in total. The standard InChI is InChI=1S/C25H31FN4O4S/c1-6-33-24(32)19-15-27-30-12-11-21(28-23(19)30)29(5)16-17-14-18(26)9-10-20(17)35-13-7-8-22(31)34-25(2,3)4/h9-12,14-15H,6-8,13,16H2,1-5H3. The van der Waals surface area contributed by atoms with Crippen LogP contribution in [0.25, 0.3) is 5.65 Å². The number of anilines is 1. The molecule has 0 aliphatic rings. The second-order valence-corrected chi connectivity index (χ2v) is 10.1. The lowest BCUT2D eigenvalue weighted by atomic mass is 10.2. The van der Waals surface area contributed by atoms with Crippen molar-refractivity contribution in [1.82, 2.24) is 14.6 Å². The lowest BCUT2D eigenvalue weighted by Gasteiger charge is -2.20. The minimum absolute atomic E-state index is 0.222. The molecule has 0 spiro atoms. The third kappa shape index (κ3) is 7.42. The summed E-state index contributed by atoms with van der Waals surface area (Å²) < 4.78 is 26.0. The third-order valence-corrected chi connectivity index (χ3v) is 6.08. The molecular weight excluding hydrogens is 471 g/mol. The van der Waals surface area contributed by atoms with Gasteiger partial charge in [-0.25, -0.2) is 18.7 Å². The van der Waals surface area contributed by atoms with Crippen LogP contribution in [0.3, 0.4) is 0 Å². The van der Waals surface area contributed by atoms with Gasteiger partial charge >= 0.3 is 11.9 Å². The van der Waals surface area contributed by atoms with E-state index in [0.717, 1.165) is 10.5 Å². The Balaban J connectivity index is 1.69. The van der Waals surface area contributed by atoms with E-state index in [0.29, 0.717) is 36.6 Å². The minimum Gasteiger partial charge on any atom is -0.462 e. The van der Waals surface area contributed by atoms with Crippen molar-refractivity contribution in [2.45, 2.75) is 57.6 Å². The zero-order chi connectivity index (χ0) is 25.6. The number of esters is 2. The van der Waals surface area contributed by atoms with Crippen molar-refractivity contribution in [3.63, 3.8) is 0 Å². The van der Waals surface area contributed by atoms with Crippen molar-refractivity contribution in [1.29, 1.82) is 0 Å². The van der Waals surface area contributed by atoms with Crippen molar-refractivity contribution in [3.8, 4) is 0 Å². The number of thioether (sulfide) groups is 1. The SMILES string of the molecule is CCOC(=O)c1cnn2ccc(N(C)Cc3cc(F)ccc3SCCCC(=O)OC(C)(C)C)nc12. The molecule has 3 aromatic rings. The molecule has 0 radical (unpaired) electrons. The summed E-state index contributed by atoms with van der Waals surface area (Å²) in [6.07, 6.45) is 4.14. The van der Waals surface area contributed by atoms with Crippen LogP contribution in [0.15, 0.2) is 41.6 Å². The van der Waals surface area contributed by atoms with Crippen LogP contribution < -0.4 is 4.90 Å². The number of carbonyl (C=O) groups excluding carboxylic acids is 2. The molecule has 188 valence electrons. The number of rotatable bonds is 10. The fraction of sp³-hybridized carbons (Fsp3) is 0.440. The Bertz CT molecular complexity index is 1190. The summed E-state index contributed by atoms with van der Waals surface area (Å²) in [5, 5.41) is 4.15. The predicted molar refractivity (Wildman–Crippen MR) is 133 cm³/mol. The van der Waals surface area contributed by atoms with Gasteiger partial charge in [-0.3, -0.25) is 4.79 Å². The smallest absolute Gasteiger partial charge is 0.343 e. The maximum Gasteiger partial charge on any atom is 0.343 e. The molecule has 0 saturated carbocycles. The molecule has 0 fully saturated rings. The highest BCUT2D eigenvalue weighted by molar-refractivity contribution is 7.99. The monoisotopic (exact) mass is 502 g/mol. The highest BCUT2D eigenvalue weighted by Gasteiger charge is 2.18. The van der Waals surface area contributed by atoms with Crippen molar-refractivity contribution >= 4 is 35.2 Å². The maximum atomic E-state index is 14.1. The Hall–Kier alpha value is -3.14. The van der Waals surface area contributed by atoms with E-state index in [4.69, 9.17) is 9.47 Å². The van der Waals surface area contributed by atoms with Gasteiger partial charge in [0.25, 0.3) is 0 Å². The second kappa shape index (κ2) is 11.5. The molecule has 0 atom stereocenters. The molecule has 10 heteroatoms. The van der Waals surface area contributed by atoms with Crippen LogP contribution in [0.4, 0.5) is 10.2 Å². The zero-order valence-corrected chi connectivity index (χ0v) is 21.5. The quantitative estimate of drug-likeness (QED) is 0.220. The molecular formula is C25H31FN4O4S. The first-order valence-electron chi connectivity index (χ1n) is 11.4. The van der Waals surface area contributed by atoms with Gasteiger partial charge in [0.2, 0.25) is 0 Å². The van der Waals surface area contributed by atoms with Gasteiger partial charge in [-0.1, -0.05) is 0 Å². The van der Waals surface area contributed by atoms with Gasteiger partial charge in [0.1, 0.15) is 22.8 Å². The summed E-state index contributed by atoms with van der Waals surface area (Å²) >= 11 is 1.57. The van der Waals surface area contributed by atoms with Gasteiger partial charge in [0.05, 0.1) is 12.8 Å². The summed E-state index contributed by atoms with van der Waals surface area (Å²) in [4.78, 5) is 31.5. The normalized spacial score (nSPS) is 11.5. The average Bonchev–Trinajstić information content (AvgIpc) is 3.20. The van der Waals surface area contributed by atoms with Crippen LogP contribution in [0.1, 0.15) is 56.5 Å². The zero-order valence-electron chi connectivity index (χ0n) is 20.7. The molecule has 35 heavy (non-hydrogen) atoms. The average molecular weight is 503 g/mol. The van der Waals surface area contributed by atoms with Crippen molar-refractivity contribution < 1.29 is 23.5 Å². The summed E-state index contributed by atoms with van der Waals surface area (Å²) in [5.74, 6) is 0.277. The van der Waals surface area contributed by atoms with Crippen molar-refractivity contribution in [2.75, 3.05) is 24.3 Å². The first kappa shape index (κ1) is 26.5. The van der Waals surface area contributed by atoms with Gasteiger partial charge in [-0.05, 0) is 69.7 Å². The fourth-order valence-electron chi connectivity index (χ4n) is 3.36. The van der Waals surface area contributed by atoms with E-state index in [-0.39, 0.29) is 24.0 Å². The van der Waals surface area contributed by atoms with Gasteiger partial charge in [0, 0.05) is 31.1 Å². The van der Waals surface area contributed by atoms with Gasteiger partial charge in [-0.2, -0.15) is 5.10 Å². The Morgan fingerprint density at radius 3 is 2.71 bits per heavy atom. The summed E-state index contributed by atoms with van der Waals surface area (Å²) in [6.45, 7) is 7.93. The Morgan fingerprint density at radius 2 is 2.00 bits per heavy atom. The summed E-state index contributed by atoms with van der Waals surface area (Å²) in [5.41, 5.74) is 0.984. The molecule has 0 aliphatic heterocycles. The number of fused-ring (bicyclic) bond motifs is 1. The third-order valence-electron chi connectivity index (χ3n) is 4.87. The molecule has 0 N–H and O–H groups in total. The summed E-state index contributed by atoms with van der Waals surface area (Å²) in [6, 6.07) is 6.47. The second-order valence-electron chi connectivity index (χ2n) is 8.98. The minimum atomic E-state index is -0.496. The van der Waals surface area contributed by atoms with Crippen LogP contribution >= 0.6 is 11.8 Å². The van der Waals surface area contributed by atoms with Crippen LogP contribution in [-0.4, -0.2) is 51.5 Å². The highest BCUT2D eigenvalue weighted by Crippen LogP contribution is 2.27. The largest absolute Gasteiger partial charge is 0.462 e. The molecule has 2 heterocycles. The van der Waals surface area contributed by atoms with Crippen molar-refractivity contribution in [2.24, 2.45) is 0 Å². The number of aromatic nitrogens is 3. The van der Waals surface area contributed by atoms with Gasteiger partial charge < -0.3 is 14.4 Å². The van der Waals surface area contributed by atoms with E-state index in [1.807, 2.05) is 32.7 Å². The number of hydrogen-bond donors (Lipinski definition) is 0. The van der Waals surface area contributed by atoms with Crippen LogP contribution in [0.2, 0.25) is 0 Å². The van der Waals surface area contributed by atoms with E-state index >= 15 is 0 Å². The van der Waals surface area contributed by atoms with E-state index < -0.39 is 11.6 Å². The molecule has 3 rings (SSSR count). The Labute approximate surface area is 208 Å². The van der Waals surface area contributed by atoms with Crippen LogP contribution in [-0.2, 0) is 20.8 Å².